The van der Waals surface area contributed by atoms with Gasteiger partial charge in [0.05, 0.1) is 6.04 Å². The first-order valence-corrected chi connectivity index (χ1v) is 8.28. The second-order valence-electron chi connectivity index (χ2n) is 6.09. The summed E-state index contributed by atoms with van der Waals surface area (Å²) in [5.74, 6) is -1.73. The molecule has 132 valence electrons. The summed E-state index contributed by atoms with van der Waals surface area (Å²) in [5, 5.41) is 11.8. The highest BCUT2D eigenvalue weighted by molar-refractivity contribution is 5.77. The van der Waals surface area contributed by atoms with Crippen molar-refractivity contribution >= 4 is 11.9 Å². The molecule has 0 aliphatic heterocycles. The Hall–Kier alpha value is -2.69. The standard InChI is InChI=1S/C20H22FNO3/c1-14(16-9-5-6-10-17(16)21)13-19(23)22-18(11-12-20(24)25)15-7-3-2-4-8-15/h2-10,14,18H,11-13H2,1H3,(H,22,23)(H,24,25). The van der Waals surface area contributed by atoms with Gasteiger partial charge in [-0.25, -0.2) is 4.39 Å². The lowest BCUT2D eigenvalue weighted by Gasteiger charge is -2.20. The second-order valence-corrected chi connectivity index (χ2v) is 6.09. The number of carboxylic acids is 1. The van der Waals surface area contributed by atoms with Crippen molar-refractivity contribution in [2.24, 2.45) is 0 Å². The van der Waals surface area contributed by atoms with Gasteiger partial charge in [-0.1, -0.05) is 55.5 Å². The minimum atomic E-state index is -0.907. The minimum absolute atomic E-state index is 0.0390. The lowest BCUT2D eigenvalue weighted by Crippen LogP contribution is -2.30. The van der Waals surface area contributed by atoms with E-state index >= 15 is 0 Å². The third-order valence-electron chi connectivity index (χ3n) is 4.11. The van der Waals surface area contributed by atoms with E-state index in [4.69, 9.17) is 5.11 Å². The number of benzene rings is 2. The molecule has 2 aromatic rings. The summed E-state index contributed by atoms with van der Waals surface area (Å²) in [7, 11) is 0. The fourth-order valence-corrected chi connectivity index (χ4v) is 2.79. The number of halogens is 1. The Morgan fingerprint density at radius 3 is 2.36 bits per heavy atom. The van der Waals surface area contributed by atoms with Gasteiger partial charge in [0.25, 0.3) is 0 Å². The predicted molar refractivity (Wildman–Crippen MR) is 93.6 cm³/mol. The Kier molecular flexibility index (Phi) is 6.69. The SMILES string of the molecule is CC(CC(=O)NC(CCC(=O)O)c1ccccc1)c1ccccc1F. The van der Waals surface area contributed by atoms with Crippen LogP contribution in [0.1, 0.15) is 49.3 Å². The van der Waals surface area contributed by atoms with E-state index in [-0.39, 0.29) is 36.5 Å². The molecule has 0 saturated carbocycles. The molecule has 0 saturated heterocycles. The number of hydrogen-bond acceptors (Lipinski definition) is 2. The average Bonchev–Trinajstić information content (AvgIpc) is 2.59. The Bertz CT molecular complexity index is 718. The van der Waals surface area contributed by atoms with Crippen LogP contribution in [0, 0.1) is 5.82 Å². The lowest BCUT2D eigenvalue weighted by molar-refractivity contribution is -0.137. The Labute approximate surface area is 146 Å². The highest BCUT2D eigenvalue weighted by atomic mass is 19.1. The van der Waals surface area contributed by atoms with Gasteiger partial charge < -0.3 is 10.4 Å². The molecular formula is C20H22FNO3. The largest absolute Gasteiger partial charge is 0.481 e. The maximum Gasteiger partial charge on any atom is 0.303 e. The number of nitrogens with one attached hydrogen (secondary N) is 1. The van der Waals surface area contributed by atoms with Gasteiger partial charge in [-0.2, -0.15) is 0 Å². The van der Waals surface area contributed by atoms with E-state index in [0.717, 1.165) is 5.56 Å². The van der Waals surface area contributed by atoms with Gasteiger partial charge in [0.2, 0.25) is 5.91 Å². The molecule has 1 amide bonds. The van der Waals surface area contributed by atoms with Gasteiger partial charge in [-0.15, -0.1) is 0 Å². The van der Waals surface area contributed by atoms with E-state index in [1.807, 2.05) is 30.3 Å². The summed E-state index contributed by atoms with van der Waals surface area (Å²) < 4.78 is 13.8. The van der Waals surface area contributed by atoms with Gasteiger partial charge >= 0.3 is 5.97 Å². The predicted octanol–water partition coefficient (Wildman–Crippen LogP) is 4.04. The van der Waals surface area contributed by atoms with E-state index in [9.17, 15) is 14.0 Å². The average molecular weight is 343 g/mol. The molecule has 25 heavy (non-hydrogen) atoms. The van der Waals surface area contributed by atoms with Crippen LogP contribution >= 0.6 is 0 Å². The summed E-state index contributed by atoms with van der Waals surface area (Å²) >= 11 is 0. The molecule has 2 unspecified atom stereocenters. The molecule has 4 nitrogen and oxygen atoms in total. The Morgan fingerprint density at radius 2 is 1.72 bits per heavy atom. The molecule has 0 aromatic heterocycles. The Balaban J connectivity index is 2.03. The number of carbonyl (C=O) groups excluding carboxylic acids is 1. The van der Waals surface area contributed by atoms with Crippen LogP contribution in [0.15, 0.2) is 54.6 Å². The normalized spacial score (nSPS) is 13.0. The number of carboxylic acid groups (broad SMARTS) is 1. The Morgan fingerprint density at radius 1 is 1.08 bits per heavy atom. The van der Waals surface area contributed by atoms with Crippen LogP contribution in [0.3, 0.4) is 0 Å². The van der Waals surface area contributed by atoms with Crippen LogP contribution in [0.25, 0.3) is 0 Å². The first-order chi connectivity index (χ1) is 12.0. The molecule has 5 heteroatoms. The highest BCUT2D eigenvalue weighted by Crippen LogP contribution is 2.23. The smallest absolute Gasteiger partial charge is 0.303 e. The third-order valence-corrected chi connectivity index (χ3v) is 4.11. The van der Waals surface area contributed by atoms with Gasteiger partial charge in [-0.3, -0.25) is 9.59 Å². The van der Waals surface area contributed by atoms with Crippen molar-refractivity contribution in [3.63, 3.8) is 0 Å². The van der Waals surface area contributed by atoms with E-state index in [0.29, 0.717) is 12.0 Å². The van der Waals surface area contributed by atoms with E-state index in [1.54, 1.807) is 25.1 Å². The van der Waals surface area contributed by atoms with Gasteiger partial charge in [0.15, 0.2) is 0 Å². The summed E-state index contributed by atoms with van der Waals surface area (Å²) in [4.78, 5) is 23.3. The van der Waals surface area contributed by atoms with Gasteiger partial charge in [0.1, 0.15) is 5.82 Å². The number of aliphatic carboxylic acids is 1. The number of rotatable bonds is 8. The summed E-state index contributed by atoms with van der Waals surface area (Å²) in [6, 6.07) is 15.3. The van der Waals surface area contributed by atoms with E-state index in [2.05, 4.69) is 5.32 Å². The van der Waals surface area contributed by atoms with Crippen molar-refractivity contribution in [2.45, 2.75) is 38.1 Å². The molecule has 0 aliphatic rings. The van der Waals surface area contributed by atoms with Crippen molar-refractivity contribution in [1.29, 1.82) is 0 Å². The number of hydrogen-bond donors (Lipinski definition) is 2. The van der Waals surface area contributed by atoms with Crippen LogP contribution in [0.5, 0.6) is 0 Å². The summed E-state index contributed by atoms with van der Waals surface area (Å²) in [5.41, 5.74) is 1.36. The fraction of sp³-hybridized carbons (Fsp3) is 0.300. The summed E-state index contributed by atoms with van der Waals surface area (Å²) in [6.45, 7) is 1.80. The molecule has 2 aromatic carbocycles. The number of carbonyl (C=O) groups is 2. The lowest BCUT2D eigenvalue weighted by atomic mass is 9.96. The third kappa shape index (κ3) is 5.71. The topological polar surface area (TPSA) is 66.4 Å². The van der Waals surface area contributed by atoms with Crippen molar-refractivity contribution in [3.05, 3.63) is 71.5 Å². The zero-order chi connectivity index (χ0) is 18.2. The van der Waals surface area contributed by atoms with Crippen LogP contribution in [0.2, 0.25) is 0 Å². The molecule has 0 spiro atoms. The zero-order valence-corrected chi connectivity index (χ0v) is 14.1. The minimum Gasteiger partial charge on any atom is -0.481 e. The highest BCUT2D eigenvalue weighted by Gasteiger charge is 2.19. The van der Waals surface area contributed by atoms with Crippen molar-refractivity contribution < 1.29 is 19.1 Å². The molecule has 0 fully saturated rings. The van der Waals surface area contributed by atoms with Crippen molar-refractivity contribution in [3.8, 4) is 0 Å². The molecular weight excluding hydrogens is 321 g/mol. The summed E-state index contributed by atoms with van der Waals surface area (Å²) in [6.07, 6.45) is 0.402. The maximum absolute atomic E-state index is 13.8. The van der Waals surface area contributed by atoms with Gasteiger partial charge in [-0.05, 0) is 29.5 Å². The van der Waals surface area contributed by atoms with Crippen molar-refractivity contribution in [1.82, 2.24) is 5.32 Å². The molecule has 0 aliphatic carbocycles. The molecule has 2 atom stereocenters. The van der Waals surface area contributed by atoms with E-state index in [1.165, 1.54) is 6.07 Å². The first kappa shape index (κ1) is 18.6. The number of amides is 1. The maximum atomic E-state index is 13.8. The van der Waals surface area contributed by atoms with Gasteiger partial charge in [0, 0.05) is 12.8 Å². The quantitative estimate of drug-likeness (QED) is 0.760. The molecule has 2 rings (SSSR count). The molecule has 0 radical (unpaired) electrons. The fourth-order valence-electron chi connectivity index (χ4n) is 2.79. The molecule has 2 N–H and O–H groups in total. The van der Waals surface area contributed by atoms with Crippen LogP contribution in [-0.4, -0.2) is 17.0 Å². The first-order valence-electron chi connectivity index (χ1n) is 8.28. The monoisotopic (exact) mass is 343 g/mol. The molecule has 0 bridgehead atoms. The molecule has 0 heterocycles. The zero-order valence-electron chi connectivity index (χ0n) is 14.1. The second kappa shape index (κ2) is 8.97. The van der Waals surface area contributed by atoms with Crippen molar-refractivity contribution in [2.75, 3.05) is 0 Å². The van der Waals surface area contributed by atoms with Crippen LogP contribution in [0.4, 0.5) is 4.39 Å². The van der Waals surface area contributed by atoms with E-state index < -0.39 is 5.97 Å². The van der Waals surface area contributed by atoms with Crippen LogP contribution in [-0.2, 0) is 9.59 Å². The van der Waals surface area contributed by atoms with Crippen LogP contribution < -0.4 is 5.32 Å².